The molecule has 0 aliphatic heterocycles. The third kappa shape index (κ3) is 2.62. The van der Waals surface area contributed by atoms with Crippen molar-refractivity contribution in [1.82, 2.24) is 9.97 Å². The van der Waals surface area contributed by atoms with Crippen LogP contribution in [-0.2, 0) is 0 Å². The van der Waals surface area contributed by atoms with Gasteiger partial charge in [-0.05, 0) is 18.2 Å². The molecule has 0 unspecified atom stereocenters. The highest BCUT2D eigenvalue weighted by molar-refractivity contribution is 9.10. The Hall–Kier alpha value is -2.44. The van der Waals surface area contributed by atoms with Crippen molar-refractivity contribution < 1.29 is 0 Å². The summed E-state index contributed by atoms with van der Waals surface area (Å²) < 4.78 is 0.829. The van der Waals surface area contributed by atoms with Crippen molar-refractivity contribution >= 4 is 27.4 Å². The van der Waals surface area contributed by atoms with Crippen molar-refractivity contribution in [2.45, 2.75) is 0 Å². The third-order valence-corrected chi connectivity index (χ3v) is 2.62. The molecule has 1 aromatic heterocycles. The number of rotatable bonds is 2. The Morgan fingerprint density at radius 2 is 1.94 bits per heavy atom. The number of halogens is 1. The molecule has 2 rings (SSSR count). The van der Waals surface area contributed by atoms with E-state index in [0.717, 1.165) is 4.47 Å². The number of aromatic nitrogens is 2. The number of nitrogens with one attached hydrogen (secondary N) is 1. The summed E-state index contributed by atoms with van der Waals surface area (Å²) in [6.07, 6.45) is 2.81. The first-order valence-corrected chi connectivity index (χ1v) is 5.71. The summed E-state index contributed by atoms with van der Waals surface area (Å²) in [4.78, 5) is 7.91. The minimum atomic E-state index is 0.247. The first-order chi connectivity index (χ1) is 8.72. The number of anilines is 2. The van der Waals surface area contributed by atoms with Crippen LogP contribution in [-0.4, -0.2) is 9.97 Å². The molecular formula is C12H6BrN5. The van der Waals surface area contributed by atoms with E-state index in [1.807, 2.05) is 12.1 Å². The van der Waals surface area contributed by atoms with Crippen LogP contribution in [0, 0.1) is 22.7 Å². The van der Waals surface area contributed by atoms with Crippen LogP contribution in [0.15, 0.2) is 35.1 Å². The number of nitrogens with zero attached hydrogens (tertiary/aromatic N) is 4. The second-order valence-corrected chi connectivity index (χ2v) is 4.24. The van der Waals surface area contributed by atoms with Crippen LogP contribution >= 0.6 is 15.9 Å². The fourth-order valence-corrected chi connectivity index (χ4v) is 1.67. The van der Waals surface area contributed by atoms with E-state index in [1.54, 1.807) is 12.1 Å². The van der Waals surface area contributed by atoms with Gasteiger partial charge < -0.3 is 5.32 Å². The lowest BCUT2D eigenvalue weighted by Crippen LogP contribution is -1.97. The molecule has 0 aliphatic carbocycles. The van der Waals surface area contributed by atoms with Crippen molar-refractivity contribution in [3.05, 3.63) is 46.3 Å². The van der Waals surface area contributed by atoms with Gasteiger partial charge in [0.1, 0.15) is 18.0 Å². The molecule has 0 saturated carbocycles. The Labute approximate surface area is 112 Å². The summed E-state index contributed by atoms with van der Waals surface area (Å²) in [6.45, 7) is 0. The fourth-order valence-electron chi connectivity index (χ4n) is 1.31. The van der Waals surface area contributed by atoms with Gasteiger partial charge in [-0.2, -0.15) is 10.5 Å². The quantitative estimate of drug-likeness (QED) is 0.921. The van der Waals surface area contributed by atoms with E-state index in [4.69, 9.17) is 10.5 Å². The molecule has 1 heterocycles. The van der Waals surface area contributed by atoms with Gasteiger partial charge in [-0.1, -0.05) is 15.9 Å². The maximum Gasteiger partial charge on any atom is 0.158 e. The van der Waals surface area contributed by atoms with Gasteiger partial charge in [0.25, 0.3) is 0 Å². The molecule has 0 amide bonds. The molecule has 0 aliphatic rings. The van der Waals surface area contributed by atoms with Gasteiger partial charge in [0.05, 0.1) is 23.6 Å². The Morgan fingerprint density at radius 3 is 2.56 bits per heavy atom. The fraction of sp³-hybridized carbons (Fsp3) is 0. The lowest BCUT2D eigenvalue weighted by Gasteiger charge is -2.07. The smallest absolute Gasteiger partial charge is 0.158 e. The van der Waals surface area contributed by atoms with Crippen molar-refractivity contribution in [3.8, 4) is 12.1 Å². The van der Waals surface area contributed by atoms with Gasteiger partial charge in [-0.3, -0.25) is 0 Å². The Morgan fingerprint density at radius 1 is 1.11 bits per heavy atom. The summed E-state index contributed by atoms with van der Waals surface area (Å²) in [5, 5.41) is 20.6. The third-order valence-electron chi connectivity index (χ3n) is 2.13. The predicted octanol–water partition coefficient (Wildman–Crippen LogP) is 2.73. The molecule has 86 valence electrons. The SMILES string of the molecule is N#Cc1cnc(Nc2ccc(Br)cc2C#N)cn1. The van der Waals surface area contributed by atoms with Gasteiger partial charge in [0, 0.05) is 4.47 Å². The maximum atomic E-state index is 9.01. The molecule has 0 atom stereocenters. The monoisotopic (exact) mass is 299 g/mol. The van der Waals surface area contributed by atoms with E-state index in [0.29, 0.717) is 17.1 Å². The van der Waals surface area contributed by atoms with Crippen molar-refractivity contribution in [1.29, 1.82) is 10.5 Å². The average molecular weight is 300 g/mol. The van der Waals surface area contributed by atoms with Crippen molar-refractivity contribution in [3.63, 3.8) is 0 Å². The molecule has 18 heavy (non-hydrogen) atoms. The molecule has 0 saturated heterocycles. The van der Waals surface area contributed by atoms with Crippen LogP contribution in [0.2, 0.25) is 0 Å². The highest BCUT2D eigenvalue weighted by Crippen LogP contribution is 2.22. The predicted molar refractivity (Wildman–Crippen MR) is 68.9 cm³/mol. The molecule has 2 aromatic rings. The summed E-state index contributed by atoms with van der Waals surface area (Å²) >= 11 is 3.30. The number of hydrogen-bond donors (Lipinski definition) is 1. The van der Waals surface area contributed by atoms with Crippen LogP contribution < -0.4 is 5.32 Å². The zero-order valence-corrected chi connectivity index (χ0v) is 10.6. The van der Waals surface area contributed by atoms with E-state index in [-0.39, 0.29) is 5.69 Å². The summed E-state index contributed by atoms with van der Waals surface area (Å²) in [7, 11) is 0. The average Bonchev–Trinajstić information content (AvgIpc) is 2.41. The normalized spacial score (nSPS) is 9.28. The van der Waals surface area contributed by atoms with Gasteiger partial charge >= 0.3 is 0 Å². The van der Waals surface area contributed by atoms with Crippen LogP contribution in [0.25, 0.3) is 0 Å². The standard InChI is InChI=1S/C12H6BrN5/c13-9-1-2-11(8(3-9)4-14)18-12-7-16-10(5-15)6-17-12/h1-3,6-7H,(H,17,18). The Bertz CT molecular complexity index is 652. The molecule has 0 fully saturated rings. The van der Waals surface area contributed by atoms with Crippen LogP contribution in [0.1, 0.15) is 11.3 Å². The molecule has 1 N–H and O–H groups in total. The summed E-state index contributed by atoms with van der Waals surface area (Å²) in [5.74, 6) is 0.479. The molecule has 0 spiro atoms. The molecule has 1 aromatic carbocycles. The van der Waals surface area contributed by atoms with E-state index in [2.05, 4.69) is 37.3 Å². The van der Waals surface area contributed by atoms with Gasteiger partial charge in [-0.25, -0.2) is 9.97 Å². The molecule has 0 radical (unpaired) electrons. The van der Waals surface area contributed by atoms with E-state index < -0.39 is 0 Å². The Balaban J connectivity index is 2.29. The first kappa shape index (κ1) is 12.0. The molecular weight excluding hydrogens is 294 g/mol. The maximum absolute atomic E-state index is 9.01. The van der Waals surface area contributed by atoms with E-state index in [9.17, 15) is 0 Å². The largest absolute Gasteiger partial charge is 0.338 e. The van der Waals surface area contributed by atoms with Crippen LogP contribution in [0.5, 0.6) is 0 Å². The molecule has 0 bridgehead atoms. The zero-order chi connectivity index (χ0) is 13.0. The highest BCUT2D eigenvalue weighted by Gasteiger charge is 2.04. The van der Waals surface area contributed by atoms with Crippen LogP contribution in [0.3, 0.4) is 0 Å². The zero-order valence-electron chi connectivity index (χ0n) is 9.05. The second kappa shape index (κ2) is 5.26. The number of benzene rings is 1. The first-order valence-electron chi connectivity index (χ1n) is 4.92. The second-order valence-electron chi connectivity index (χ2n) is 3.33. The molecule has 6 heteroatoms. The van der Waals surface area contributed by atoms with Gasteiger partial charge in [0.15, 0.2) is 5.69 Å². The Kier molecular flexibility index (Phi) is 3.52. The lowest BCUT2D eigenvalue weighted by atomic mass is 10.2. The number of hydrogen-bond acceptors (Lipinski definition) is 5. The van der Waals surface area contributed by atoms with Gasteiger partial charge in [-0.15, -0.1) is 0 Å². The summed E-state index contributed by atoms with van der Waals surface area (Å²) in [5.41, 5.74) is 1.38. The van der Waals surface area contributed by atoms with Crippen molar-refractivity contribution in [2.75, 3.05) is 5.32 Å². The van der Waals surface area contributed by atoms with Crippen LogP contribution in [0.4, 0.5) is 11.5 Å². The number of nitriles is 2. The summed E-state index contributed by atoms with van der Waals surface area (Å²) in [6, 6.07) is 9.27. The minimum absolute atomic E-state index is 0.247. The molecule has 5 nitrogen and oxygen atoms in total. The van der Waals surface area contributed by atoms with Crippen molar-refractivity contribution in [2.24, 2.45) is 0 Å². The van der Waals surface area contributed by atoms with E-state index in [1.165, 1.54) is 12.4 Å². The lowest BCUT2D eigenvalue weighted by molar-refractivity contribution is 1.16. The highest BCUT2D eigenvalue weighted by atomic mass is 79.9. The van der Waals surface area contributed by atoms with E-state index >= 15 is 0 Å². The van der Waals surface area contributed by atoms with Gasteiger partial charge in [0.2, 0.25) is 0 Å². The minimum Gasteiger partial charge on any atom is -0.338 e. The topological polar surface area (TPSA) is 85.4 Å².